The van der Waals surface area contributed by atoms with Crippen LogP contribution in [0.4, 0.5) is 4.39 Å². The molecule has 0 aliphatic carbocycles. The van der Waals surface area contributed by atoms with E-state index in [4.69, 9.17) is 16.3 Å². The summed E-state index contributed by atoms with van der Waals surface area (Å²) >= 11 is 6.19. The minimum Gasteiger partial charge on any atom is -0.482 e. The average molecular weight is 511 g/mol. The Labute approximate surface area is 217 Å². The fourth-order valence-electron chi connectivity index (χ4n) is 3.83. The van der Waals surface area contributed by atoms with Gasteiger partial charge in [-0.3, -0.25) is 9.59 Å². The van der Waals surface area contributed by atoms with Crippen molar-refractivity contribution >= 4 is 23.4 Å². The van der Waals surface area contributed by atoms with Gasteiger partial charge in [0.2, 0.25) is 5.91 Å². The highest BCUT2D eigenvalue weighted by Crippen LogP contribution is 2.23. The van der Waals surface area contributed by atoms with Gasteiger partial charge in [-0.1, -0.05) is 86.0 Å². The third-order valence-electron chi connectivity index (χ3n) is 5.80. The quantitative estimate of drug-likeness (QED) is 0.295. The number of halogens is 2. The fraction of sp³-hybridized carbons (Fsp3) is 0.310. The van der Waals surface area contributed by atoms with Crippen LogP contribution in [0.5, 0.6) is 5.75 Å². The second-order valence-corrected chi connectivity index (χ2v) is 8.98. The highest BCUT2D eigenvalue weighted by atomic mass is 35.5. The SMILES string of the molecule is CCCCCNC(=O)[C@@H](Cc1ccccc1)N(Cc1ccc(F)cc1)C(=O)COc1ccccc1Cl. The number of carbonyl (C=O) groups is 2. The van der Waals surface area contributed by atoms with E-state index in [1.807, 2.05) is 30.3 Å². The topological polar surface area (TPSA) is 58.6 Å². The molecule has 0 radical (unpaired) electrons. The van der Waals surface area contributed by atoms with Gasteiger partial charge in [0.05, 0.1) is 5.02 Å². The first kappa shape index (κ1) is 27.2. The molecule has 3 rings (SSSR count). The van der Waals surface area contributed by atoms with Gasteiger partial charge < -0.3 is 15.0 Å². The zero-order valence-corrected chi connectivity index (χ0v) is 21.2. The lowest BCUT2D eigenvalue weighted by Crippen LogP contribution is -2.51. The van der Waals surface area contributed by atoms with Crippen molar-refractivity contribution in [1.82, 2.24) is 10.2 Å². The van der Waals surface area contributed by atoms with Crippen LogP contribution in [0.2, 0.25) is 5.02 Å². The zero-order chi connectivity index (χ0) is 25.8. The van der Waals surface area contributed by atoms with Gasteiger partial charge in [0.25, 0.3) is 5.91 Å². The molecule has 5 nitrogen and oxygen atoms in total. The van der Waals surface area contributed by atoms with Crippen LogP contribution in [0.1, 0.15) is 37.3 Å². The maximum absolute atomic E-state index is 13.5. The Morgan fingerprint density at radius 2 is 1.64 bits per heavy atom. The molecule has 3 aromatic carbocycles. The summed E-state index contributed by atoms with van der Waals surface area (Å²) in [7, 11) is 0. The molecule has 0 aliphatic heterocycles. The van der Waals surface area contributed by atoms with E-state index in [1.165, 1.54) is 17.0 Å². The number of para-hydroxylation sites is 1. The monoisotopic (exact) mass is 510 g/mol. The molecular formula is C29H32ClFN2O3. The van der Waals surface area contributed by atoms with Gasteiger partial charge in [-0.2, -0.15) is 0 Å². The molecule has 0 aromatic heterocycles. The minimum absolute atomic E-state index is 0.130. The van der Waals surface area contributed by atoms with Gasteiger partial charge in [0.15, 0.2) is 6.61 Å². The van der Waals surface area contributed by atoms with Crippen LogP contribution in [-0.2, 0) is 22.6 Å². The van der Waals surface area contributed by atoms with Crippen molar-refractivity contribution < 1.29 is 18.7 Å². The smallest absolute Gasteiger partial charge is 0.261 e. The zero-order valence-electron chi connectivity index (χ0n) is 20.5. The molecule has 0 saturated carbocycles. The molecule has 190 valence electrons. The van der Waals surface area contributed by atoms with Crippen LogP contribution in [-0.4, -0.2) is 35.9 Å². The molecule has 3 aromatic rings. The number of hydrogen-bond donors (Lipinski definition) is 1. The lowest BCUT2D eigenvalue weighted by molar-refractivity contribution is -0.142. The largest absolute Gasteiger partial charge is 0.482 e. The Morgan fingerprint density at radius 1 is 0.944 bits per heavy atom. The van der Waals surface area contributed by atoms with E-state index in [1.54, 1.807) is 36.4 Å². The Hall–Kier alpha value is -3.38. The van der Waals surface area contributed by atoms with Crippen LogP contribution in [0.25, 0.3) is 0 Å². The fourth-order valence-corrected chi connectivity index (χ4v) is 4.02. The molecule has 1 N–H and O–H groups in total. The van der Waals surface area contributed by atoms with E-state index in [2.05, 4.69) is 12.2 Å². The molecule has 0 saturated heterocycles. The van der Waals surface area contributed by atoms with Crippen molar-refractivity contribution in [3.8, 4) is 5.75 Å². The van der Waals surface area contributed by atoms with Gasteiger partial charge in [-0.05, 0) is 41.8 Å². The molecule has 2 amide bonds. The molecule has 0 fully saturated rings. The number of nitrogens with one attached hydrogen (secondary N) is 1. The van der Waals surface area contributed by atoms with E-state index in [0.29, 0.717) is 29.3 Å². The van der Waals surface area contributed by atoms with Crippen LogP contribution < -0.4 is 10.1 Å². The summed E-state index contributed by atoms with van der Waals surface area (Å²) in [5.74, 6) is -0.585. The average Bonchev–Trinajstić information content (AvgIpc) is 2.89. The molecular weight excluding hydrogens is 479 g/mol. The predicted molar refractivity (Wildman–Crippen MR) is 140 cm³/mol. The first-order valence-electron chi connectivity index (χ1n) is 12.2. The molecule has 36 heavy (non-hydrogen) atoms. The number of unbranched alkanes of at least 4 members (excludes halogenated alkanes) is 2. The van der Waals surface area contributed by atoms with Gasteiger partial charge in [0, 0.05) is 19.5 Å². The van der Waals surface area contributed by atoms with Crippen LogP contribution in [0.15, 0.2) is 78.9 Å². The van der Waals surface area contributed by atoms with Crippen LogP contribution in [0, 0.1) is 5.82 Å². The molecule has 0 heterocycles. The van der Waals surface area contributed by atoms with Crippen LogP contribution >= 0.6 is 11.6 Å². The second kappa shape index (κ2) is 14.2. The Balaban J connectivity index is 1.87. The Kier molecular flexibility index (Phi) is 10.8. The summed E-state index contributed by atoms with van der Waals surface area (Å²) in [4.78, 5) is 28.4. The number of benzene rings is 3. The summed E-state index contributed by atoms with van der Waals surface area (Å²) in [6.07, 6.45) is 3.24. The highest BCUT2D eigenvalue weighted by Gasteiger charge is 2.30. The third kappa shape index (κ3) is 8.38. The van der Waals surface area contributed by atoms with E-state index >= 15 is 0 Å². The minimum atomic E-state index is -0.776. The van der Waals surface area contributed by atoms with Gasteiger partial charge in [-0.15, -0.1) is 0 Å². The van der Waals surface area contributed by atoms with Crippen molar-refractivity contribution in [2.45, 2.75) is 45.2 Å². The molecule has 1 atom stereocenters. The highest BCUT2D eigenvalue weighted by molar-refractivity contribution is 6.32. The number of rotatable bonds is 13. The van der Waals surface area contributed by atoms with E-state index in [-0.39, 0.29) is 30.8 Å². The van der Waals surface area contributed by atoms with Crippen molar-refractivity contribution in [2.24, 2.45) is 0 Å². The Morgan fingerprint density at radius 3 is 2.33 bits per heavy atom. The second-order valence-electron chi connectivity index (χ2n) is 8.57. The normalized spacial score (nSPS) is 11.5. The molecule has 0 aliphatic rings. The number of ether oxygens (including phenoxy) is 1. The lowest BCUT2D eigenvalue weighted by atomic mass is 10.0. The summed E-state index contributed by atoms with van der Waals surface area (Å²) < 4.78 is 19.2. The predicted octanol–water partition coefficient (Wildman–Crippen LogP) is 5.80. The van der Waals surface area contributed by atoms with Gasteiger partial charge >= 0.3 is 0 Å². The Bertz CT molecular complexity index is 1110. The molecule has 0 bridgehead atoms. The molecule has 0 spiro atoms. The number of carbonyl (C=O) groups excluding carboxylic acids is 2. The summed E-state index contributed by atoms with van der Waals surface area (Å²) in [5, 5.41) is 3.39. The third-order valence-corrected chi connectivity index (χ3v) is 6.12. The molecule has 7 heteroatoms. The first-order chi connectivity index (χ1) is 17.5. The van der Waals surface area contributed by atoms with Crippen LogP contribution in [0.3, 0.4) is 0 Å². The van der Waals surface area contributed by atoms with Gasteiger partial charge in [0.1, 0.15) is 17.6 Å². The maximum atomic E-state index is 13.5. The standard InChI is InChI=1S/C29H32ClFN2O3/c1-2-3-9-18-32-29(35)26(19-22-10-5-4-6-11-22)33(20-23-14-16-24(31)17-15-23)28(34)21-36-27-13-8-7-12-25(27)30/h4-8,10-17,26H,2-3,9,18-21H2,1H3,(H,32,35)/t26-/m1/s1. The number of hydrogen-bond acceptors (Lipinski definition) is 3. The molecule has 0 unspecified atom stereocenters. The van der Waals surface area contributed by atoms with E-state index in [0.717, 1.165) is 24.8 Å². The van der Waals surface area contributed by atoms with Crippen molar-refractivity contribution in [3.05, 3.63) is 101 Å². The van der Waals surface area contributed by atoms with Crippen molar-refractivity contribution in [3.63, 3.8) is 0 Å². The van der Waals surface area contributed by atoms with E-state index in [9.17, 15) is 14.0 Å². The summed E-state index contributed by atoms with van der Waals surface area (Å²) in [6.45, 7) is 2.47. The number of nitrogens with zero attached hydrogens (tertiary/aromatic N) is 1. The van der Waals surface area contributed by atoms with Crippen molar-refractivity contribution in [1.29, 1.82) is 0 Å². The van der Waals surface area contributed by atoms with Gasteiger partial charge in [-0.25, -0.2) is 4.39 Å². The van der Waals surface area contributed by atoms with Crippen molar-refractivity contribution in [2.75, 3.05) is 13.2 Å². The first-order valence-corrected chi connectivity index (χ1v) is 12.6. The lowest BCUT2D eigenvalue weighted by Gasteiger charge is -2.31. The summed E-state index contributed by atoms with van der Waals surface area (Å²) in [6, 6.07) is 21.6. The van der Waals surface area contributed by atoms with E-state index < -0.39 is 6.04 Å². The number of amides is 2. The maximum Gasteiger partial charge on any atom is 0.261 e. The summed E-state index contributed by atoms with van der Waals surface area (Å²) in [5.41, 5.74) is 1.63.